The fraction of sp³-hybridized carbons (Fsp3) is 0.529. The van der Waals surface area contributed by atoms with Crippen molar-refractivity contribution in [2.75, 3.05) is 0 Å². The molecule has 2 fully saturated rings. The lowest BCUT2D eigenvalue weighted by molar-refractivity contribution is -0.0410. The van der Waals surface area contributed by atoms with E-state index in [-0.39, 0.29) is 5.82 Å². The molecule has 0 aliphatic heterocycles. The van der Waals surface area contributed by atoms with Gasteiger partial charge in [0.2, 0.25) is 0 Å². The van der Waals surface area contributed by atoms with Gasteiger partial charge < -0.3 is 9.52 Å². The molecule has 106 valence electrons. The van der Waals surface area contributed by atoms with Crippen LogP contribution >= 0.6 is 0 Å². The van der Waals surface area contributed by atoms with Gasteiger partial charge in [0.15, 0.2) is 0 Å². The highest BCUT2D eigenvalue weighted by Crippen LogP contribution is 2.50. The second kappa shape index (κ2) is 4.32. The van der Waals surface area contributed by atoms with Gasteiger partial charge >= 0.3 is 0 Å². The molecule has 2 aliphatic rings. The number of furan rings is 1. The zero-order valence-electron chi connectivity index (χ0n) is 11.4. The van der Waals surface area contributed by atoms with E-state index >= 15 is 0 Å². The molecule has 20 heavy (non-hydrogen) atoms. The van der Waals surface area contributed by atoms with Crippen LogP contribution in [-0.4, -0.2) is 5.11 Å². The fourth-order valence-corrected chi connectivity index (χ4v) is 3.73. The van der Waals surface area contributed by atoms with Crippen LogP contribution in [0.4, 0.5) is 4.39 Å². The molecule has 1 N–H and O–H groups in total. The second-order valence-corrected chi connectivity index (χ2v) is 6.52. The van der Waals surface area contributed by atoms with E-state index in [0.29, 0.717) is 17.3 Å². The first kappa shape index (κ1) is 12.4. The quantitative estimate of drug-likeness (QED) is 0.882. The summed E-state index contributed by atoms with van der Waals surface area (Å²) in [6.45, 7) is 0. The Hall–Kier alpha value is -1.35. The molecule has 0 bridgehead atoms. The predicted molar refractivity (Wildman–Crippen MR) is 74.8 cm³/mol. The summed E-state index contributed by atoms with van der Waals surface area (Å²) in [6.07, 6.45) is 6.43. The number of rotatable bonds is 2. The van der Waals surface area contributed by atoms with Gasteiger partial charge in [0.25, 0.3) is 0 Å². The summed E-state index contributed by atoms with van der Waals surface area (Å²) < 4.78 is 19.1. The minimum absolute atomic E-state index is 0.267. The zero-order valence-corrected chi connectivity index (χ0v) is 11.4. The summed E-state index contributed by atoms with van der Waals surface area (Å²) in [7, 11) is 0. The topological polar surface area (TPSA) is 33.4 Å². The molecule has 2 nitrogen and oxygen atoms in total. The van der Waals surface area contributed by atoms with Crippen molar-refractivity contribution in [1.29, 1.82) is 0 Å². The van der Waals surface area contributed by atoms with Crippen LogP contribution in [-0.2, 0) is 5.60 Å². The number of aliphatic hydroxyl groups is 1. The molecule has 2 unspecified atom stereocenters. The minimum atomic E-state index is -0.860. The van der Waals surface area contributed by atoms with Gasteiger partial charge in [0.1, 0.15) is 22.8 Å². The Balaban J connectivity index is 1.69. The Labute approximate surface area is 117 Å². The highest BCUT2D eigenvalue weighted by atomic mass is 19.1. The molecular formula is C17H19FO2. The van der Waals surface area contributed by atoms with Gasteiger partial charge in [-0.05, 0) is 74.6 Å². The number of hydrogen-bond donors (Lipinski definition) is 1. The first-order chi connectivity index (χ1) is 9.64. The maximum atomic E-state index is 13.3. The molecule has 1 aromatic carbocycles. The van der Waals surface area contributed by atoms with Crippen molar-refractivity contribution in [2.45, 2.75) is 44.1 Å². The van der Waals surface area contributed by atoms with Gasteiger partial charge in [-0.2, -0.15) is 0 Å². The Bertz CT molecular complexity index is 643. The standard InChI is InChI=1S/C17H19FO2/c18-14-5-6-15-13(8-14)9-16(20-15)17(19)7-1-2-12(10-17)11-3-4-11/h5-6,8-9,11-12,19H,1-4,7,10H2. The largest absolute Gasteiger partial charge is 0.458 e. The average Bonchev–Trinajstić information content (AvgIpc) is 3.18. The van der Waals surface area contributed by atoms with E-state index in [0.717, 1.165) is 30.6 Å². The summed E-state index contributed by atoms with van der Waals surface area (Å²) in [4.78, 5) is 0. The zero-order chi connectivity index (χ0) is 13.7. The summed E-state index contributed by atoms with van der Waals surface area (Å²) in [5.74, 6) is 1.78. The van der Waals surface area contributed by atoms with Crippen LogP contribution in [0.5, 0.6) is 0 Å². The van der Waals surface area contributed by atoms with Gasteiger partial charge in [-0.15, -0.1) is 0 Å². The molecule has 0 amide bonds. The first-order valence-corrected chi connectivity index (χ1v) is 7.56. The fourth-order valence-electron chi connectivity index (χ4n) is 3.73. The molecule has 2 aliphatic carbocycles. The van der Waals surface area contributed by atoms with E-state index < -0.39 is 5.60 Å². The lowest BCUT2D eigenvalue weighted by Gasteiger charge is -2.35. The van der Waals surface area contributed by atoms with Crippen molar-refractivity contribution in [3.8, 4) is 0 Å². The van der Waals surface area contributed by atoms with Crippen molar-refractivity contribution in [3.63, 3.8) is 0 Å². The number of halogens is 1. The third-order valence-electron chi connectivity index (χ3n) is 4.99. The normalized spacial score (nSPS) is 30.8. The van der Waals surface area contributed by atoms with Crippen molar-refractivity contribution in [1.82, 2.24) is 0 Å². The maximum absolute atomic E-state index is 13.3. The SMILES string of the molecule is OC1(c2cc3cc(F)ccc3o2)CCCC(C2CC2)C1. The maximum Gasteiger partial charge on any atom is 0.136 e. The minimum Gasteiger partial charge on any atom is -0.458 e. The molecule has 3 heteroatoms. The van der Waals surface area contributed by atoms with Gasteiger partial charge in [0.05, 0.1) is 0 Å². The van der Waals surface area contributed by atoms with Gasteiger partial charge in [-0.25, -0.2) is 4.39 Å². The smallest absolute Gasteiger partial charge is 0.136 e. The molecule has 0 saturated heterocycles. The third kappa shape index (κ3) is 2.05. The van der Waals surface area contributed by atoms with E-state index in [4.69, 9.17) is 4.42 Å². The molecule has 4 rings (SSSR count). The Morgan fingerprint density at radius 3 is 2.80 bits per heavy atom. The van der Waals surface area contributed by atoms with E-state index in [1.54, 1.807) is 6.07 Å². The average molecular weight is 274 g/mol. The van der Waals surface area contributed by atoms with Crippen molar-refractivity contribution >= 4 is 11.0 Å². The van der Waals surface area contributed by atoms with E-state index in [1.807, 2.05) is 6.07 Å². The van der Waals surface area contributed by atoms with E-state index in [9.17, 15) is 9.50 Å². The molecule has 0 radical (unpaired) electrons. The summed E-state index contributed by atoms with van der Waals surface area (Å²) >= 11 is 0. The van der Waals surface area contributed by atoms with Crippen molar-refractivity contribution in [2.24, 2.45) is 11.8 Å². The third-order valence-corrected chi connectivity index (χ3v) is 4.99. The lowest BCUT2D eigenvalue weighted by atomic mass is 9.75. The Kier molecular flexibility index (Phi) is 2.68. The van der Waals surface area contributed by atoms with Crippen LogP contribution in [0.15, 0.2) is 28.7 Å². The lowest BCUT2D eigenvalue weighted by Crippen LogP contribution is -2.33. The number of hydrogen-bond acceptors (Lipinski definition) is 2. The number of fused-ring (bicyclic) bond motifs is 1. The van der Waals surface area contributed by atoms with Crippen molar-refractivity contribution in [3.05, 3.63) is 35.8 Å². The first-order valence-electron chi connectivity index (χ1n) is 7.56. The van der Waals surface area contributed by atoms with E-state index in [2.05, 4.69) is 0 Å². The predicted octanol–water partition coefficient (Wildman–Crippen LogP) is 4.36. The Morgan fingerprint density at radius 1 is 1.15 bits per heavy atom. The van der Waals surface area contributed by atoms with Crippen LogP contribution < -0.4 is 0 Å². The summed E-state index contributed by atoms with van der Waals surface area (Å²) in [6, 6.07) is 6.31. The molecule has 2 aromatic rings. The molecule has 1 heterocycles. The van der Waals surface area contributed by atoms with Gasteiger partial charge in [-0.1, -0.05) is 0 Å². The highest BCUT2D eigenvalue weighted by molar-refractivity contribution is 5.78. The van der Waals surface area contributed by atoms with Gasteiger partial charge in [-0.3, -0.25) is 0 Å². The second-order valence-electron chi connectivity index (χ2n) is 6.52. The van der Waals surface area contributed by atoms with Crippen molar-refractivity contribution < 1.29 is 13.9 Å². The summed E-state index contributed by atoms with van der Waals surface area (Å²) in [5, 5.41) is 11.7. The molecule has 1 aromatic heterocycles. The Morgan fingerprint density at radius 2 is 2.00 bits per heavy atom. The summed E-state index contributed by atoms with van der Waals surface area (Å²) in [5.41, 5.74) is -0.204. The van der Waals surface area contributed by atoms with Crippen LogP contribution in [0, 0.1) is 17.7 Å². The van der Waals surface area contributed by atoms with Crippen LogP contribution in [0.3, 0.4) is 0 Å². The van der Waals surface area contributed by atoms with Crippen LogP contribution in [0.2, 0.25) is 0 Å². The molecule has 2 saturated carbocycles. The highest BCUT2D eigenvalue weighted by Gasteiger charge is 2.43. The number of benzene rings is 1. The molecular weight excluding hydrogens is 255 g/mol. The van der Waals surface area contributed by atoms with Crippen LogP contribution in [0.25, 0.3) is 11.0 Å². The monoisotopic (exact) mass is 274 g/mol. The van der Waals surface area contributed by atoms with E-state index in [1.165, 1.54) is 31.4 Å². The molecule has 2 atom stereocenters. The van der Waals surface area contributed by atoms with Crippen LogP contribution in [0.1, 0.15) is 44.3 Å². The molecule has 0 spiro atoms. The van der Waals surface area contributed by atoms with Gasteiger partial charge in [0, 0.05) is 5.39 Å².